The van der Waals surface area contributed by atoms with E-state index in [1.807, 2.05) is 48.3 Å². The summed E-state index contributed by atoms with van der Waals surface area (Å²) in [5.41, 5.74) is 3.12. The molecule has 1 saturated heterocycles. The number of hydrogen-bond donors (Lipinski definition) is 1. The van der Waals surface area contributed by atoms with Crippen molar-refractivity contribution in [2.75, 3.05) is 50.1 Å². The van der Waals surface area contributed by atoms with Crippen LogP contribution in [0.25, 0.3) is 0 Å². The van der Waals surface area contributed by atoms with E-state index in [2.05, 4.69) is 28.4 Å². The molecule has 5 heteroatoms. The van der Waals surface area contributed by atoms with E-state index < -0.39 is 0 Å². The Morgan fingerprint density at radius 1 is 1.08 bits per heavy atom. The van der Waals surface area contributed by atoms with Crippen molar-refractivity contribution in [1.82, 2.24) is 4.90 Å². The number of benzene rings is 2. The van der Waals surface area contributed by atoms with Crippen LogP contribution in [0.1, 0.15) is 5.56 Å². The topological polar surface area (TPSA) is 44.8 Å². The molecular formula is C20H25N3O2. The minimum Gasteiger partial charge on any atom is -0.378 e. The first kappa shape index (κ1) is 17.5. The molecule has 0 aromatic heterocycles. The molecule has 1 N–H and O–H groups in total. The van der Waals surface area contributed by atoms with Gasteiger partial charge < -0.3 is 15.0 Å². The first-order valence-corrected chi connectivity index (χ1v) is 8.66. The number of amides is 1. The van der Waals surface area contributed by atoms with E-state index in [1.54, 1.807) is 0 Å². The Kier molecular flexibility index (Phi) is 6.04. The van der Waals surface area contributed by atoms with Gasteiger partial charge in [-0.2, -0.15) is 0 Å². The van der Waals surface area contributed by atoms with E-state index >= 15 is 0 Å². The van der Waals surface area contributed by atoms with Gasteiger partial charge in [-0.3, -0.25) is 9.69 Å². The van der Waals surface area contributed by atoms with Crippen LogP contribution in [0.15, 0.2) is 54.6 Å². The Balaban J connectivity index is 1.59. The first-order valence-electron chi connectivity index (χ1n) is 8.66. The fourth-order valence-corrected chi connectivity index (χ4v) is 3.05. The number of ether oxygens (including phenoxy) is 1. The molecular weight excluding hydrogens is 314 g/mol. The summed E-state index contributed by atoms with van der Waals surface area (Å²) in [4.78, 5) is 16.7. The summed E-state index contributed by atoms with van der Waals surface area (Å²) in [6.07, 6.45) is 0. The van der Waals surface area contributed by atoms with E-state index in [9.17, 15) is 4.79 Å². The fraction of sp³-hybridized carbons (Fsp3) is 0.350. The lowest BCUT2D eigenvalue weighted by molar-refractivity contribution is -0.117. The highest BCUT2D eigenvalue weighted by Crippen LogP contribution is 2.26. The van der Waals surface area contributed by atoms with Crippen LogP contribution in [0.4, 0.5) is 11.4 Å². The molecule has 1 amide bonds. The number of carbonyl (C=O) groups is 1. The van der Waals surface area contributed by atoms with Gasteiger partial charge in [0.25, 0.3) is 0 Å². The molecule has 0 atom stereocenters. The SMILES string of the molecule is CN(CC(=O)Nc1ccccc1N1CCOCC1)Cc1ccccc1. The predicted molar refractivity (Wildman–Crippen MR) is 101 cm³/mol. The van der Waals surface area contributed by atoms with Gasteiger partial charge in [0.1, 0.15) is 0 Å². The standard InChI is InChI=1S/C20H25N3O2/c1-22(15-17-7-3-2-4-8-17)16-20(24)21-18-9-5-6-10-19(18)23-11-13-25-14-12-23/h2-10H,11-16H2,1H3,(H,21,24). The van der Waals surface area contributed by atoms with Crippen LogP contribution >= 0.6 is 0 Å². The minimum atomic E-state index is -0.000796. The lowest BCUT2D eigenvalue weighted by atomic mass is 10.2. The average Bonchev–Trinajstić information content (AvgIpc) is 2.63. The zero-order valence-electron chi connectivity index (χ0n) is 14.6. The van der Waals surface area contributed by atoms with Crippen molar-refractivity contribution in [3.05, 3.63) is 60.2 Å². The number of anilines is 2. The Labute approximate surface area is 149 Å². The van der Waals surface area contributed by atoms with E-state index in [1.165, 1.54) is 5.56 Å². The third kappa shape index (κ3) is 5.05. The summed E-state index contributed by atoms with van der Waals surface area (Å²) in [6, 6.07) is 18.1. The number of nitrogens with zero attached hydrogens (tertiary/aromatic N) is 2. The second kappa shape index (κ2) is 8.65. The molecule has 2 aromatic rings. The van der Waals surface area contributed by atoms with Crippen LogP contribution in [0.5, 0.6) is 0 Å². The lowest BCUT2D eigenvalue weighted by Crippen LogP contribution is -2.37. The lowest BCUT2D eigenvalue weighted by Gasteiger charge is -2.30. The van der Waals surface area contributed by atoms with Gasteiger partial charge in [0.2, 0.25) is 5.91 Å². The van der Waals surface area contributed by atoms with E-state index in [-0.39, 0.29) is 5.91 Å². The molecule has 0 unspecified atom stereocenters. The van der Waals surface area contributed by atoms with Crippen molar-refractivity contribution in [3.63, 3.8) is 0 Å². The van der Waals surface area contributed by atoms with Crippen LogP contribution < -0.4 is 10.2 Å². The van der Waals surface area contributed by atoms with Crippen LogP contribution in [-0.4, -0.2) is 50.7 Å². The Morgan fingerprint density at radius 3 is 2.52 bits per heavy atom. The van der Waals surface area contributed by atoms with E-state index in [0.717, 1.165) is 44.2 Å². The number of carbonyl (C=O) groups excluding carboxylic acids is 1. The quantitative estimate of drug-likeness (QED) is 0.879. The summed E-state index contributed by atoms with van der Waals surface area (Å²) in [6.45, 7) is 4.25. The zero-order valence-corrected chi connectivity index (χ0v) is 14.6. The Morgan fingerprint density at radius 2 is 1.76 bits per heavy atom. The summed E-state index contributed by atoms with van der Waals surface area (Å²) < 4.78 is 5.42. The molecule has 0 spiro atoms. The first-order chi connectivity index (χ1) is 12.2. The number of rotatable bonds is 6. The highest BCUT2D eigenvalue weighted by atomic mass is 16.5. The van der Waals surface area contributed by atoms with Gasteiger partial charge in [-0.05, 0) is 24.7 Å². The fourth-order valence-electron chi connectivity index (χ4n) is 3.05. The van der Waals surface area contributed by atoms with Crippen LogP contribution in [0.2, 0.25) is 0 Å². The van der Waals surface area contributed by atoms with Gasteiger partial charge in [0.05, 0.1) is 31.1 Å². The Hall–Kier alpha value is -2.37. The Bertz CT molecular complexity index is 684. The molecule has 2 aromatic carbocycles. The van der Waals surface area contributed by atoms with Crippen molar-refractivity contribution in [2.24, 2.45) is 0 Å². The average molecular weight is 339 g/mol. The molecule has 1 aliphatic rings. The number of likely N-dealkylation sites (N-methyl/N-ethyl adjacent to an activating group) is 1. The largest absolute Gasteiger partial charge is 0.378 e. The number of hydrogen-bond acceptors (Lipinski definition) is 4. The van der Waals surface area contributed by atoms with Crippen molar-refractivity contribution >= 4 is 17.3 Å². The van der Waals surface area contributed by atoms with Crippen LogP contribution in [0, 0.1) is 0 Å². The second-order valence-electron chi connectivity index (χ2n) is 6.32. The van der Waals surface area contributed by atoms with Gasteiger partial charge in [-0.1, -0.05) is 42.5 Å². The summed E-state index contributed by atoms with van der Waals surface area (Å²) in [7, 11) is 1.96. The van der Waals surface area contributed by atoms with Gasteiger partial charge in [-0.15, -0.1) is 0 Å². The maximum absolute atomic E-state index is 12.5. The third-order valence-electron chi connectivity index (χ3n) is 4.24. The number of nitrogens with one attached hydrogen (secondary N) is 1. The highest BCUT2D eigenvalue weighted by Gasteiger charge is 2.16. The van der Waals surface area contributed by atoms with E-state index in [4.69, 9.17) is 4.74 Å². The highest BCUT2D eigenvalue weighted by molar-refractivity contribution is 5.95. The second-order valence-corrected chi connectivity index (χ2v) is 6.32. The molecule has 0 aliphatic carbocycles. The predicted octanol–water partition coefficient (Wildman–Crippen LogP) is 2.59. The molecule has 132 valence electrons. The van der Waals surface area contributed by atoms with Gasteiger partial charge in [0.15, 0.2) is 0 Å². The summed E-state index contributed by atoms with van der Waals surface area (Å²) in [5.74, 6) is -0.000796. The molecule has 1 aliphatic heterocycles. The normalized spacial score (nSPS) is 14.6. The van der Waals surface area contributed by atoms with Crippen molar-refractivity contribution in [1.29, 1.82) is 0 Å². The van der Waals surface area contributed by atoms with Crippen molar-refractivity contribution in [2.45, 2.75) is 6.54 Å². The molecule has 25 heavy (non-hydrogen) atoms. The monoisotopic (exact) mass is 339 g/mol. The molecule has 5 nitrogen and oxygen atoms in total. The van der Waals surface area contributed by atoms with Crippen LogP contribution in [0.3, 0.4) is 0 Å². The molecule has 3 rings (SSSR count). The smallest absolute Gasteiger partial charge is 0.238 e. The maximum atomic E-state index is 12.5. The van der Waals surface area contributed by atoms with Gasteiger partial charge >= 0.3 is 0 Å². The van der Waals surface area contributed by atoms with E-state index in [0.29, 0.717) is 6.54 Å². The zero-order chi connectivity index (χ0) is 17.5. The number of para-hydroxylation sites is 2. The number of morpholine rings is 1. The third-order valence-corrected chi connectivity index (χ3v) is 4.24. The van der Waals surface area contributed by atoms with Gasteiger partial charge in [-0.25, -0.2) is 0 Å². The molecule has 0 bridgehead atoms. The maximum Gasteiger partial charge on any atom is 0.238 e. The summed E-state index contributed by atoms with van der Waals surface area (Å²) in [5, 5.41) is 3.06. The molecule has 1 heterocycles. The molecule has 1 fully saturated rings. The molecule has 0 radical (unpaired) electrons. The summed E-state index contributed by atoms with van der Waals surface area (Å²) >= 11 is 0. The van der Waals surface area contributed by atoms with Gasteiger partial charge in [0, 0.05) is 19.6 Å². The molecule has 0 saturated carbocycles. The minimum absolute atomic E-state index is 0.000796. The van der Waals surface area contributed by atoms with Crippen molar-refractivity contribution in [3.8, 4) is 0 Å². The van der Waals surface area contributed by atoms with Crippen molar-refractivity contribution < 1.29 is 9.53 Å². The van der Waals surface area contributed by atoms with Crippen LogP contribution in [-0.2, 0) is 16.1 Å².